The summed E-state index contributed by atoms with van der Waals surface area (Å²) in [4.78, 5) is 27.2. The fourth-order valence-corrected chi connectivity index (χ4v) is 4.28. The normalized spacial score (nSPS) is 29.4. The molecule has 4 unspecified atom stereocenters. The van der Waals surface area contributed by atoms with Crippen molar-refractivity contribution >= 4 is 11.8 Å². The minimum Gasteiger partial charge on any atom is -0.482 e. The summed E-state index contributed by atoms with van der Waals surface area (Å²) >= 11 is 0. The van der Waals surface area contributed by atoms with Crippen LogP contribution in [0.15, 0.2) is 24.3 Å². The number of rotatable bonds is 4. The molecule has 152 valence electrons. The number of carbonyl (C=O) groups is 2. The number of carbonyl (C=O) groups excluding carboxylic acids is 2. The van der Waals surface area contributed by atoms with Gasteiger partial charge >= 0.3 is 0 Å². The number of nitrogens with one attached hydrogen (secondary N) is 2. The summed E-state index contributed by atoms with van der Waals surface area (Å²) in [5.74, 6) is 1.61. The predicted octanol–water partition coefficient (Wildman–Crippen LogP) is 1.32. The van der Waals surface area contributed by atoms with Crippen LogP contribution >= 0.6 is 0 Å². The van der Waals surface area contributed by atoms with Gasteiger partial charge in [0, 0.05) is 19.6 Å². The third kappa shape index (κ3) is 4.09. The van der Waals surface area contributed by atoms with Crippen LogP contribution in [0.5, 0.6) is 11.5 Å². The van der Waals surface area contributed by atoms with Crippen molar-refractivity contribution in [3.8, 4) is 11.5 Å². The van der Waals surface area contributed by atoms with Gasteiger partial charge in [0.1, 0.15) is 6.10 Å². The number of nitrogens with zero attached hydrogens (tertiary/aromatic N) is 1. The highest BCUT2D eigenvalue weighted by molar-refractivity contribution is 5.83. The zero-order valence-corrected chi connectivity index (χ0v) is 16.4. The molecule has 2 amide bonds. The molecule has 2 saturated heterocycles. The SMILES string of the molecule is CC1Oc2ccccc2OC1C(=O)N1CCCC(CNC(=O)C2CCCN2)C1. The second-order valence-corrected chi connectivity index (χ2v) is 7.99. The van der Waals surface area contributed by atoms with Crippen LogP contribution in [0.4, 0.5) is 0 Å². The van der Waals surface area contributed by atoms with Crippen molar-refractivity contribution in [3.63, 3.8) is 0 Å². The topological polar surface area (TPSA) is 79.9 Å². The number of ether oxygens (including phenoxy) is 2. The Morgan fingerprint density at radius 1 is 1.18 bits per heavy atom. The number of amides is 2. The monoisotopic (exact) mass is 387 g/mol. The Hall–Kier alpha value is -2.28. The van der Waals surface area contributed by atoms with Crippen LogP contribution in [0.1, 0.15) is 32.6 Å². The van der Waals surface area contributed by atoms with Crippen LogP contribution in [-0.4, -0.2) is 61.1 Å². The van der Waals surface area contributed by atoms with Crippen molar-refractivity contribution in [1.29, 1.82) is 0 Å². The maximum absolute atomic E-state index is 13.1. The highest BCUT2D eigenvalue weighted by Gasteiger charge is 2.38. The Morgan fingerprint density at radius 3 is 2.71 bits per heavy atom. The molecule has 3 aliphatic rings. The van der Waals surface area contributed by atoms with Crippen LogP contribution in [0.3, 0.4) is 0 Å². The van der Waals surface area contributed by atoms with Crippen molar-refractivity contribution in [2.75, 3.05) is 26.2 Å². The lowest BCUT2D eigenvalue weighted by Crippen LogP contribution is -2.54. The maximum atomic E-state index is 13.1. The summed E-state index contributed by atoms with van der Waals surface area (Å²) in [5, 5.41) is 6.28. The molecule has 0 aliphatic carbocycles. The predicted molar refractivity (Wildman–Crippen MR) is 104 cm³/mol. The van der Waals surface area contributed by atoms with Gasteiger partial charge in [-0.05, 0) is 57.2 Å². The van der Waals surface area contributed by atoms with Gasteiger partial charge in [-0.2, -0.15) is 0 Å². The van der Waals surface area contributed by atoms with E-state index in [2.05, 4.69) is 10.6 Å². The fourth-order valence-electron chi connectivity index (χ4n) is 4.28. The van der Waals surface area contributed by atoms with Gasteiger partial charge in [0.05, 0.1) is 6.04 Å². The van der Waals surface area contributed by atoms with E-state index in [4.69, 9.17) is 9.47 Å². The molecule has 0 bridgehead atoms. The zero-order chi connectivity index (χ0) is 19.5. The molecule has 0 aromatic heterocycles. The third-order valence-electron chi connectivity index (χ3n) is 5.86. The molecule has 7 heteroatoms. The zero-order valence-electron chi connectivity index (χ0n) is 16.4. The van der Waals surface area contributed by atoms with Crippen LogP contribution in [-0.2, 0) is 9.59 Å². The number of para-hydroxylation sites is 2. The molecule has 0 saturated carbocycles. The van der Waals surface area contributed by atoms with Gasteiger partial charge in [-0.15, -0.1) is 0 Å². The molecule has 3 heterocycles. The Bertz CT molecular complexity index is 719. The van der Waals surface area contributed by atoms with Crippen LogP contribution in [0.25, 0.3) is 0 Å². The van der Waals surface area contributed by atoms with Gasteiger partial charge in [0.2, 0.25) is 12.0 Å². The summed E-state index contributed by atoms with van der Waals surface area (Å²) in [6.45, 7) is 4.76. The Labute approximate surface area is 165 Å². The van der Waals surface area contributed by atoms with Crippen LogP contribution in [0, 0.1) is 5.92 Å². The van der Waals surface area contributed by atoms with Gasteiger partial charge in [-0.3, -0.25) is 9.59 Å². The molecule has 2 N–H and O–H groups in total. The van der Waals surface area contributed by atoms with E-state index in [9.17, 15) is 9.59 Å². The first-order valence-corrected chi connectivity index (χ1v) is 10.3. The van der Waals surface area contributed by atoms with Crippen molar-refractivity contribution in [2.45, 2.75) is 50.9 Å². The molecule has 1 aromatic carbocycles. The van der Waals surface area contributed by atoms with Crippen molar-refractivity contribution in [1.82, 2.24) is 15.5 Å². The second kappa shape index (κ2) is 8.39. The van der Waals surface area contributed by atoms with E-state index in [1.807, 2.05) is 36.1 Å². The number of hydrogen-bond acceptors (Lipinski definition) is 5. The van der Waals surface area contributed by atoms with Crippen LogP contribution < -0.4 is 20.1 Å². The number of likely N-dealkylation sites (tertiary alicyclic amines) is 1. The first-order valence-electron chi connectivity index (χ1n) is 10.3. The van der Waals surface area contributed by atoms with E-state index in [1.54, 1.807) is 0 Å². The summed E-state index contributed by atoms with van der Waals surface area (Å²) in [5.41, 5.74) is 0. The number of hydrogen-bond donors (Lipinski definition) is 2. The average Bonchev–Trinajstić information content (AvgIpc) is 3.26. The van der Waals surface area contributed by atoms with E-state index < -0.39 is 6.10 Å². The van der Waals surface area contributed by atoms with Crippen molar-refractivity contribution in [3.05, 3.63) is 24.3 Å². The van der Waals surface area contributed by atoms with Gasteiger partial charge in [-0.1, -0.05) is 12.1 Å². The van der Waals surface area contributed by atoms with E-state index >= 15 is 0 Å². The minimum atomic E-state index is -0.633. The van der Waals surface area contributed by atoms with E-state index in [1.165, 1.54) is 0 Å². The second-order valence-electron chi connectivity index (χ2n) is 7.99. The minimum absolute atomic E-state index is 0.0320. The van der Waals surface area contributed by atoms with Gasteiger partial charge in [0.15, 0.2) is 11.5 Å². The van der Waals surface area contributed by atoms with Crippen molar-refractivity contribution < 1.29 is 19.1 Å². The Balaban J connectivity index is 1.32. The van der Waals surface area contributed by atoms with E-state index in [-0.39, 0.29) is 29.9 Å². The van der Waals surface area contributed by atoms with Gasteiger partial charge < -0.3 is 25.0 Å². The molecular formula is C21H29N3O4. The average molecular weight is 387 g/mol. The third-order valence-corrected chi connectivity index (χ3v) is 5.86. The highest BCUT2D eigenvalue weighted by Crippen LogP contribution is 2.34. The smallest absolute Gasteiger partial charge is 0.267 e. The molecular weight excluding hydrogens is 358 g/mol. The molecule has 4 atom stereocenters. The van der Waals surface area contributed by atoms with Crippen LogP contribution in [0.2, 0.25) is 0 Å². The van der Waals surface area contributed by atoms with Crippen molar-refractivity contribution in [2.24, 2.45) is 5.92 Å². The molecule has 0 spiro atoms. The molecule has 7 nitrogen and oxygen atoms in total. The Morgan fingerprint density at radius 2 is 1.96 bits per heavy atom. The summed E-state index contributed by atoms with van der Waals surface area (Å²) in [6.07, 6.45) is 2.94. The number of fused-ring (bicyclic) bond motifs is 1. The summed E-state index contributed by atoms with van der Waals surface area (Å²) in [6, 6.07) is 7.38. The number of piperidine rings is 1. The highest BCUT2D eigenvalue weighted by atomic mass is 16.6. The van der Waals surface area contributed by atoms with Gasteiger partial charge in [-0.25, -0.2) is 0 Å². The molecule has 0 radical (unpaired) electrons. The largest absolute Gasteiger partial charge is 0.482 e. The Kier molecular flexibility index (Phi) is 5.71. The number of benzene rings is 1. The van der Waals surface area contributed by atoms with E-state index in [0.717, 1.165) is 38.8 Å². The lowest BCUT2D eigenvalue weighted by Gasteiger charge is -2.38. The molecule has 28 heavy (non-hydrogen) atoms. The summed E-state index contributed by atoms with van der Waals surface area (Å²) < 4.78 is 11.8. The maximum Gasteiger partial charge on any atom is 0.267 e. The molecule has 1 aromatic rings. The molecule has 3 aliphatic heterocycles. The fraction of sp³-hybridized carbons (Fsp3) is 0.619. The quantitative estimate of drug-likeness (QED) is 0.815. The lowest BCUT2D eigenvalue weighted by molar-refractivity contribution is -0.146. The molecule has 2 fully saturated rings. The first-order chi connectivity index (χ1) is 13.6. The first kappa shape index (κ1) is 19.1. The molecule has 4 rings (SSSR count). The van der Waals surface area contributed by atoms with Gasteiger partial charge in [0.25, 0.3) is 5.91 Å². The van der Waals surface area contributed by atoms with E-state index in [0.29, 0.717) is 24.6 Å². The standard InChI is InChI=1S/C21H29N3O4/c1-14-19(28-18-9-3-2-8-17(18)27-14)21(26)24-11-5-6-15(13-24)12-23-20(25)16-7-4-10-22-16/h2-3,8-9,14-16,19,22H,4-7,10-13H2,1H3,(H,23,25). The summed E-state index contributed by atoms with van der Waals surface area (Å²) in [7, 11) is 0. The lowest BCUT2D eigenvalue weighted by atomic mass is 9.97.